The summed E-state index contributed by atoms with van der Waals surface area (Å²) in [7, 11) is 0. The molecule has 0 saturated carbocycles. The molecule has 1 amide bonds. The van der Waals surface area contributed by atoms with Crippen molar-refractivity contribution in [3.05, 3.63) is 36.8 Å². The van der Waals surface area contributed by atoms with Crippen LogP contribution in [-0.2, 0) is 4.79 Å². The summed E-state index contributed by atoms with van der Waals surface area (Å²) in [6.45, 7) is 1.46. The van der Waals surface area contributed by atoms with Gasteiger partial charge in [-0.2, -0.15) is 5.10 Å². The highest BCUT2D eigenvalue weighted by atomic mass is 16.1. The van der Waals surface area contributed by atoms with Crippen LogP contribution in [-0.4, -0.2) is 20.7 Å². The van der Waals surface area contributed by atoms with Gasteiger partial charge in [-0.15, -0.1) is 0 Å². The molecular formula is C10H10N4O. The maximum atomic E-state index is 10.8. The van der Waals surface area contributed by atoms with Gasteiger partial charge in [0.15, 0.2) is 5.82 Å². The van der Waals surface area contributed by atoms with Gasteiger partial charge in [0.1, 0.15) is 0 Å². The fourth-order valence-electron chi connectivity index (χ4n) is 1.21. The second kappa shape index (κ2) is 3.91. The van der Waals surface area contributed by atoms with Crippen LogP contribution in [0.2, 0.25) is 0 Å². The molecule has 0 fully saturated rings. The molecule has 0 aliphatic heterocycles. The molecule has 15 heavy (non-hydrogen) atoms. The van der Waals surface area contributed by atoms with Gasteiger partial charge in [-0.25, -0.2) is 9.67 Å². The minimum absolute atomic E-state index is 0.115. The molecule has 5 heteroatoms. The van der Waals surface area contributed by atoms with E-state index in [1.54, 1.807) is 23.3 Å². The standard InChI is InChI=1S/C10H10N4O/c1-8(15)13-9-6-12-14(7-9)10-4-2-3-5-11-10/h2-7H,1H3,(H,13,15). The van der Waals surface area contributed by atoms with E-state index >= 15 is 0 Å². The normalized spacial score (nSPS) is 9.93. The maximum Gasteiger partial charge on any atom is 0.221 e. The predicted octanol–water partition coefficient (Wildman–Crippen LogP) is 1.23. The van der Waals surface area contributed by atoms with E-state index in [9.17, 15) is 4.79 Å². The molecule has 0 aliphatic carbocycles. The number of carbonyl (C=O) groups excluding carboxylic acids is 1. The molecule has 1 N–H and O–H groups in total. The van der Waals surface area contributed by atoms with Crippen molar-refractivity contribution in [2.45, 2.75) is 6.92 Å². The van der Waals surface area contributed by atoms with Gasteiger partial charge >= 0.3 is 0 Å². The van der Waals surface area contributed by atoms with Crippen molar-refractivity contribution < 1.29 is 4.79 Å². The zero-order chi connectivity index (χ0) is 10.7. The van der Waals surface area contributed by atoms with Crippen LogP contribution < -0.4 is 5.32 Å². The topological polar surface area (TPSA) is 59.8 Å². The number of nitrogens with zero attached hydrogens (tertiary/aromatic N) is 3. The highest BCUT2D eigenvalue weighted by Gasteiger charge is 2.01. The van der Waals surface area contributed by atoms with Gasteiger partial charge in [0.2, 0.25) is 5.91 Å². The van der Waals surface area contributed by atoms with Crippen LogP contribution in [0.15, 0.2) is 36.8 Å². The Kier molecular flexibility index (Phi) is 2.45. The summed E-state index contributed by atoms with van der Waals surface area (Å²) in [4.78, 5) is 14.9. The van der Waals surface area contributed by atoms with Gasteiger partial charge in [0.05, 0.1) is 18.1 Å². The third kappa shape index (κ3) is 2.19. The lowest BCUT2D eigenvalue weighted by atomic mass is 10.5. The average Bonchev–Trinajstić information content (AvgIpc) is 2.67. The van der Waals surface area contributed by atoms with E-state index in [0.29, 0.717) is 11.5 Å². The van der Waals surface area contributed by atoms with Crippen molar-refractivity contribution in [2.75, 3.05) is 5.32 Å². The number of hydrogen-bond acceptors (Lipinski definition) is 3. The lowest BCUT2D eigenvalue weighted by molar-refractivity contribution is -0.114. The summed E-state index contributed by atoms with van der Waals surface area (Å²) in [6.07, 6.45) is 4.98. The number of carbonyl (C=O) groups is 1. The average molecular weight is 202 g/mol. The van der Waals surface area contributed by atoms with E-state index < -0.39 is 0 Å². The highest BCUT2D eigenvalue weighted by molar-refractivity contribution is 5.88. The zero-order valence-corrected chi connectivity index (χ0v) is 8.21. The molecule has 2 heterocycles. The number of amides is 1. The molecule has 0 bridgehead atoms. The van der Waals surface area contributed by atoms with E-state index in [1.807, 2.05) is 18.2 Å². The number of rotatable bonds is 2. The van der Waals surface area contributed by atoms with Crippen LogP contribution in [0.25, 0.3) is 5.82 Å². The first kappa shape index (κ1) is 9.39. The molecule has 0 spiro atoms. The van der Waals surface area contributed by atoms with Gasteiger partial charge in [-0.3, -0.25) is 4.79 Å². The van der Waals surface area contributed by atoms with Crippen LogP contribution in [0.4, 0.5) is 5.69 Å². The summed E-state index contributed by atoms with van der Waals surface area (Å²) in [6, 6.07) is 5.55. The van der Waals surface area contributed by atoms with E-state index in [-0.39, 0.29) is 5.91 Å². The molecule has 76 valence electrons. The third-order valence-electron chi connectivity index (χ3n) is 1.79. The van der Waals surface area contributed by atoms with Gasteiger partial charge in [0.25, 0.3) is 0 Å². The number of aromatic nitrogens is 3. The summed E-state index contributed by atoms with van der Waals surface area (Å²) in [5.74, 6) is 0.602. The zero-order valence-electron chi connectivity index (χ0n) is 8.21. The van der Waals surface area contributed by atoms with E-state index in [2.05, 4.69) is 15.4 Å². The monoisotopic (exact) mass is 202 g/mol. The fraction of sp³-hybridized carbons (Fsp3) is 0.100. The summed E-state index contributed by atoms with van der Waals surface area (Å²) < 4.78 is 1.60. The van der Waals surface area contributed by atoms with E-state index in [4.69, 9.17) is 0 Å². The van der Waals surface area contributed by atoms with Crippen molar-refractivity contribution in [3.63, 3.8) is 0 Å². The smallest absolute Gasteiger partial charge is 0.221 e. The predicted molar refractivity (Wildman–Crippen MR) is 55.7 cm³/mol. The minimum atomic E-state index is -0.115. The van der Waals surface area contributed by atoms with Crippen molar-refractivity contribution in [1.82, 2.24) is 14.8 Å². The van der Waals surface area contributed by atoms with Crippen LogP contribution in [0.1, 0.15) is 6.92 Å². The molecule has 2 rings (SSSR count). The van der Waals surface area contributed by atoms with Crippen LogP contribution in [0.3, 0.4) is 0 Å². The molecule has 2 aromatic heterocycles. The van der Waals surface area contributed by atoms with Crippen molar-refractivity contribution in [3.8, 4) is 5.82 Å². The van der Waals surface area contributed by atoms with E-state index in [0.717, 1.165) is 0 Å². The van der Waals surface area contributed by atoms with Crippen molar-refractivity contribution in [2.24, 2.45) is 0 Å². The Morgan fingerprint density at radius 2 is 2.33 bits per heavy atom. The Labute approximate surface area is 86.8 Å². The number of nitrogens with one attached hydrogen (secondary N) is 1. The Bertz CT molecular complexity index is 463. The number of hydrogen-bond donors (Lipinski definition) is 1. The molecule has 0 radical (unpaired) electrons. The lowest BCUT2D eigenvalue weighted by Gasteiger charge is -1.98. The Morgan fingerprint density at radius 3 is 3.00 bits per heavy atom. The van der Waals surface area contributed by atoms with Gasteiger partial charge in [-0.05, 0) is 12.1 Å². The van der Waals surface area contributed by atoms with Crippen LogP contribution in [0, 0.1) is 0 Å². The summed E-state index contributed by atoms with van der Waals surface area (Å²) >= 11 is 0. The fourth-order valence-corrected chi connectivity index (χ4v) is 1.21. The molecular weight excluding hydrogens is 192 g/mol. The first-order valence-electron chi connectivity index (χ1n) is 4.49. The molecule has 2 aromatic rings. The SMILES string of the molecule is CC(=O)Nc1cnn(-c2ccccn2)c1. The van der Waals surface area contributed by atoms with Crippen LogP contribution >= 0.6 is 0 Å². The maximum absolute atomic E-state index is 10.8. The van der Waals surface area contributed by atoms with Crippen LogP contribution in [0.5, 0.6) is 0 Å². The van der Waals surface area contributed by atoms with E-state index in [1.165, 1.54) is 6.92 Å². The van der Waals surface area contributed by atoms with Gasteiger partial charge < -0.3 is 5.32 Å². The molecule has 0 aliphatic rings. The van der Waals surface area contributed by atoms with Gasteiger partial charge in [-0.1, -0.05) is 6.07 Å². The largest absolute Gasteiger partial charge is 0.324 e. The summed E-state index contributed by atoms with van der Waals surface area (Å²) in [5.41, 5.74) is 0.660. The van der Waals surface area contributed by atoms with Gasteiger partial charge in [0, 0.05) is 13.1 Å². The first-order chi connectivity index (χ1) is 7.25. The molecule has 0 saturated heterocycles. The second-order valence-corrected chi connectivity index (χ2v) is 3.04. The first-order valence-corrected chi connectivity index (χ1v) is 4.49. The van der Waals surface area contributed by atoms with Crippen molar-refractivity contribution in [1.29, 1.82) is 0 Å². The Hall–Kier alpha value is -2.17. The Balaban J connectivity index is 2.24. The Morgan fingerprint density at radius 1 is 1.47 bits per heavy atom. The lowest BCUT2D eigenvalue weighted by Crippen LogP contribution is -2.04. The molecule has 0 atom stereocenters. The van der Waals surface area contributed by atoms with Crippen molar-refractivity contribution >= 4 is 11.6 Å². The molecule has 0 unspecified atom stereocenters. The summed E-state index contributed by atoms with van der Waals surface area (Å²) in [5, 5.41) is 6.72. The molecule has 5 nitrogen and oxygen atoms in total. The minimum Gasteiger partial charge on any atom is -0.324 e. The quantitative estimate of drug-likeness (QED) is 0.796. The number of pyridine rings is 1. The third-order valence-corrected chi connectivity index (χ3v) is 1.79. The molecule has 0 aromatic carbocycles. The highest BCUT2D eigenvalue weighted by Crippen LogP contribution is 2.08. The number of anilines is 1. The second-order valence-electron chi connectivity index (χ2n) is 3.04.